The monoisotopic (exact) mass is 162 g/mol. The van der Waals surface area contributed by atoms with Gasteiger partial charge in [-0.1, -0.05) is 24.3 Å². The second kappa shape index (κ2) is 2.63. The number of ether oxygens (including phenoxy) is 1. The van der Waals surface area contributed by atoms with Crippen molar-refractivity contribution >= 4 is 5.97 Å². The molecule has 0 aliphatic heterocycles. The summed E-state index contributed by atoms with van der Waals surface area (Å²) in [6.45, 7) is 1.45. The van der Waals surface area contributed by atoms with Gasteiger partial charge in [-0.3, -0.25) is 4.79 Å². The van der Waals surface area contributed by atoms with E-state index in [2.05, 4.69) is 6.07 Å². The predicted octanol–water partition coefficient (Wildman–Crippen LogP) is 1.85. The van der Waals surface area contributed by atoms with E-state index in [1.807, 2.05) is 18.2 Å². The fourth-order valence-electron chi connectivity index (χ4n) is 1.52. The number of benzene rings is 1. The number of hydrogen-bond acceptors (Lipinski definition) is 2. The molecule has 2 rings (SSSR count). The van der Waals surface area contributed by atoms with Gasteiger partial charge in [0.05, 0.1) is 0 Å². The Morgan fingerprint density at radius 2 is 2.25 bits per heavy atom. The third-order valence-corrected chi connectivity index (χ3v) is 2.12. The minimum absolute atomic E-state index is 0.0127. The Morgan fingerprint density at radius 3 is 2.92 bits per heavy atom. The Bertz CT molecular complexity index is 317. The smallest absolute Gasteiger partial charge is 0.303 e. The third kappa shape index (κ3) is 1.09. The number of rotatable bonds is 1. The predicted molar refractivity (Wildman–Crippen MR) is 44.7 cm³/mol. The van der Waals surface area contributed by atoms with Crippen LogP contribution in [0.3, 0.4) is 0 Å². The van der Waals surface area contributed by atoms with Crippen LogP contribution in [0.2, 0.25) is 0 Å². The van der Waals surface area contributed by atoms with Gasteiger partial charge < -0.3 is 4.74 Å². The zero-order valence-electron chi connectivity index (χ0n) is 6.91. The lowest BCUT2D eigenvalue weighted by atomic mass is 9.85. The van der Waals surface area contributed by atoms with Gasteiger partial charge in [-0.2, -0.15) is 0 Å². The van der Waals surface area contributed by atoms with E-state index in [-0.39, 0.29) is 12.1 Å². The largest absolute Gasteiger partial charge is 0.457 e. The van der Waals surface area contributed by atoms with Crippen molar-refractivity contribution < 1.29 is 9.53 Å². The molecule has 0 aromatic heterocycles. The Balaban J connectivity index is 2.15. The molecule has 0 spiro atoms. The first-order chi connectivity index (χ1) is 5.77. The van der Waals surface area contributed by atoms with Gasteiger partial charge in [0, 0.05) is 13.3 Å². The molecule has 1 aromatic rings. The summed E-state index contributed by atoms with van der Waals surface area (Å²) in [7, 11) is 0. The summed E-state index contributed by atoms with van der Waals surface area (Å²) < 4.78 is 5.07. The molecule has 0 N–H and O–H groups in total. The van der Waals surface area contributed by atoms with Crippen molar-refractivity contribution in [2.75, 3.05) is 0 Å². The van der Waals surface area contributed by atoms with Crippen molar-refractivity contribution in [3.8, 4) is 0 Å². The van der Waals surface area contributed by atoms with Crippen LogP contribution < -0.4 is 0 Å². The number of carbonyl (C=O) groups is 1. The first-order valence-corrected chi connectivity index (χ1v) is 4.02. The number of carbonyl (C=O) groups excluding carboxylic acids is 1. The van der Waals surface area contributed by atoms with E-state index < -0.39 is 0 Å². The van der Waals surface area contributed by atoms with Gasteiger partial charge in [-0.15, -0.1) is 0 Å². The highest BCUT2D eigenvalue weighted by molar-refractivity contribution is 5.67. The first kappa shape index (κ1) is 7.35. The van der Waals surface area contributed by atoms with Gasteiger partial charge in [0.1, 0.15) is 6.10 Å². The van der Waals surface area contributed by atoms with E-state index in [1.54, 1.807) is 0 Å². The van der Waals surface area contributed by atoms with E-state index in [9.17, 15) is 4.79 Å². The lowest BCUT2D eigenvalue weighted by Crippen LogP contribution is -2.21. The Hall–Kier alpha value is -1.31. The molecule has 0 fully saturated rings. The van der Waals surface area contributed by atoms with Crippen molar-refractivity contribution in [2.45, 2.75) is 19.4 Å². The normalized spacial score (nSPS) is 19.2. The van der Waals surface area contributed by atoms with E-state index >= 15 is 0 Å². The highest BCUT2D eigenvalue weighted by Gasteiger charge is 2.27. The maximum Gasteiger partial charge on any atom is 0.303 e. The molecule has 62 valence electrons. The van der Waals surface area contributed by atoms with Gasteiger partial charge in [-0.05, 0) is 11.1 Å². The minimum atomic E-state index is -0.200. The number of hydrogen-bond donors (Lipinski definition) is 0. The van der Waals surface area contributed by atoms with Gasteiger partial charge in [0.25, 0.3) is 0 Å². The summed E-state index contributed by atoms with van der Waals surface area (Å²) in [5.74, 6) is -0.200. The van der Waals surface area contributed by atoms with Gasteiger partial charge >= 0.3 is 5.97 Å². The molecule has 1 atom stereocenters. The van der Waals surface area contributed by atoms with Crippen LogP contribution in [0.1, 0.15) is 24.2 Å². The van der Waals surface area contributed by atoms with Crippen LogP contribution >= 0.6 is 0 Å². The highest BCUT2D eigenvalue weighted by Crippen LogP contribution is 2.35. The van der Waals surface area contributed by atoms with Crippen LogP contribution in [-0.4, -0.2) is 5.97 Å². The van der Waals surface area contributed by atoms with Crippen LogP contribution in [0.5, 0.6) is 0 Å². The number of esters is 1. The molecule has 1 aliphatic rings. The molecule has 0 unspecified atom stereocenters. The summed E-state index contributed by atoms with van der Waals surface area (Å²) in [6, 6.07) is 8.04. The average Bonchev–Trinajstić information content (AvgIpc) is 2.00. The quantitative estimate of drug-likeness (QED) is 0.589. The minimum Gasteiger partial charge on any atom is -0.457 e. The summed E-state index contributed by atoms with van der Waals surface area (Å²) in [4.78, 5) is 10.6. The van der Waals surface area contributed by atoms with Crippen molar-refractivity contribution in [1.29, 1.82) is 0 Å². The third-order valence-electron chi connectivity index (χ3n) is 2.12. The molecular weight excluding hydrogens is 152 g/mol. The van der Waals surface area contributed by atoms with Crippen LogP contribution in [-0.2, 0) is 16.0 Å². The van der Waals surface area contributed by atoms with E-state index in [1.165, 1.54) is 12.5 Å². The molecule has 0 saturated carbocycles. The van der Waals surface area contributed by atoms with Gasteiger partial charge in [0.2, 0.25) is 0 Å². The summed E-state index contributed by atoms with van der Waals surface area (Å²) in [5.41, 5.74) is 2.46. The fourth-order valence-corrected chi connectivity index (χ4v) is 1.52. The summed E-state index contributed by atoms with van der Waals surface area (Å²) >= 11 is 0. The van der Waals surface area contributed by atoms with E-state index in [4.69, 9.17) is 4.74 Å². The fraction of sp³-hybridized carbons (Fsp3) is 0.300. The molecule has 0 saturated heterocycles. The maximum atomic E-state index is 10.6. The molecule has 0 amide bonds. The summed E-state index contributed by atoms with van der Waals surface area (Å²) in [5, 5.41) is 0. The Kier molecular flexibility index (Phi) is 1.61. The molecular formula is C10H10O2. The first-order valence-electron chi connectivity index (χ1n) is 4.02. The zero-order valence-corrected chi connectivity index (χ0v) is 6.91. The molecule has 12 heavy (non-hydrogen) atoms. The zero-order chi connectivity index (χ0) is 8.55. The van der Waals surface area contributed by atoms with Crippen molar-refractivity contribution in [1.82, 2.24) is 0 Å². The highest BCUT2D eigenvalue weighted by atomic mass is 16.5. The molecule has 1 aliphatic carbocycles. The van der Waals surface area contributed by atoms with Crippen molar-refractivity contribution in [3.05, 3.63) is 35.4 Å². The Labute approximate surface area is 71.2 Å². The lowest BCUT2D eigenvalue weighted by Gasteiger charge is -2.28. The Morgan fingerprint density at radius 1 is 1.50 bits per heavy atom. The molecule has 2 heteroatoms. The van der Waals surface area contributed by atoms with Gasteiger partial charge in [0.15, 0.2) is 0 Å². The van der Waals surface area contributed by atoms with Crippen LogP contribution in [0.4, 0.5) is 0 Å². The van der Waals surface area contributed by atoms with E-state index in [0.29, 0.717) is 0 Å². The number of fused-ring (bicyclic) bond motifs is 1. The molecule has 1 aromatic carbocycles. The van der Waals surface area contributed by atoms with Crippen molar-refractivity contribution in [2.24, 2.45) is 0 Å². The molecule has 2 nitrogen and oxygen atoms in total. The standard InChI is InChI=1S/C10H10O2/c1-7(11)12-10-6-8-4-2-3-5-9(8)10/h2-5,10H,6H2,1H3/t10-/m1/s1. The molecule has 0 heterocycles. The average molecular weight is 162 g/mol. The van der Waals surface area contributed by atoms with Crippen LogP contribution in [0.15, 0.2) is 24.3 Å². The van der Waals surface area contributed by atoms with Gasteiger partial charge in [-0.25, -0.2) is 0 Å². The van der Waals surface area contributed by atoms with Crippen molar-refractivity contribution in [3.63, 3.8) is 0 Å². The topological polar surface area (TPSA) is 26.3 Å². The van der Waals surface area contributed by atoms with Crippen LogP contribution in [0, 0.1) is 0 Å². The summed E-state index contributed by atoms with van der Waals surface area (Å²) in [6.07, 6.45) is 0.883. The SMILES string of the molecule is CC(=O)O[C@@H]1Cc2ccccc21. The molecule has 0 radical (unpaired) electrons. The van der Waals surface area contributed by atoms with Crippen LogP contribution in [0.25, 0.3) is 0 Å². The maximum absolute atomic E-state index is 10.6. The lowest BCUT2D eigenvalue weighted by molar-refractivity contribution is -0.147. The molecule has 0 bridgehead atoms. The van der Waals surface area contributed by atoms with E-state index in [0.717, 1.165) is 12.0 Å². The second-order valence-electron chi connectivity index (χ2n) is 3.00. The second-order valence-corrected chi connectivity index (χ2v) is 3.00.